The Bertz CT molecular complexity index is 397. The second-order valence-corrected chi connectivity index (χ2v) is 11.0. The van der Waals surface area contributed by atoms with E-state index < -0.39 is 8.32 Å². The Morgan fingerprint density at radius 2 is 1.74 bits per heavy atom. The average molecular weight is 282 g/mol. The Labute approximate surface area is 117 Å². The van der Waals surface area contributed by atoms with Gasteiger partial charge in [0.2, 0.25) is 0 Å². The summed E-state index contributed by atoms with van der Waals surface area (Å²) in [6.45, 7) is 12.2. The van der Waals surface area contributed by atoms with Gasteiger partial charge in [-0.15, -0.1) is 0 Å². The Morgan fingerprint density at radius 3 is 2.32 bits per heavy atom. The van der Waals surface area contributed by atoms with Gasteiger partial charge < -0.3 is 14.3 Å². The van der Waals surface area contributed by atoms with Crippen molar-refractivity contribution >= 4 is 8.32 Å². The van der Waals surface area contributed by atoms with Gasteiger partial charge in [-0.2, -0.15) is 0 Å². The Hall–Kier alpha value is -0.843. The van der Waals surface area contributed by atoms with Crippen molar-refractivity contribution in [3.63, 3.8) is 0 Å². The summed E-state index contributed by atoms with van der Waals surface area (Å²) in [6.07, 6.45) is 0. The van der Waals surface area contributed by atoms with E-state index in [1.807, 2.05) is 24.3 Å². The van der Waals surface area contributed by atoms with E-state index in [1.165, 1.54) is 0 Å². The van der Waals surface area contributed by atoms with E-state index in [0.29, 0.717) is 13.2 Å². The minimum atomic E-state index is -1.69. The fraction of sp³-hybridized carbons (Fsp3) is 0.600. The molecule has 4 heteroatoms. The van der Waals surface area contributed by atoms with Gasteiger partial charge >= 0.3 is 0 Å². The van der Waals surface area contributed by atoms with Crippen molar-refractivity contribution in [2.75, 3.05) is 13.2 Å². The molecule has 0 saturated carbocycles. The molecule has 1 N–H and O–H groups in total. The molecule has 0 unspecified atom stereocenters. The minimum Gasteiger partial charge on any atom is -0.491 e. The lowest BCUT2D eigenvalue weighted by Gasteiger charge is -2.36. The molecular formula is C15H26O3Si. The van der Waals surface area contributed by atoms with Crippen LogP contribution in [0.4, 0.5) is 0 Å². The van der Waals surface area contributed by atoms with Crippen molar-refractivity contribution in [1.29, 1.82) is 0 Å². The summed E-state index contributed by atoms with van der Waals surface area (Å²) in [7, 11) is -1.69. The number of hydrogen-bond donors (Lipinski definition) is 1. The SMILES string of the molecule is CC(C)(C)[Si](C)(C)OCCOc1ccccc1CO. The lowest BCUT2D eigenvalue weighted by Crippen LogP contribution is -2.41. The van der Waals surface area contributed by atoms with Crippen molar-refractivity contribution in [2.45, 2.75) is 45.5 Å². The predicted octanol–water partition coefficient (Wildman–Crippen LogP) is 3.58. The Morgan fingerprint density at radius 1 is 1.11 bits per heavy atom. The predicted molar refractivity (Wildman–Crippen MR) is 81.0 cm³/mol. The molecule has 0 radical (unpaired) electrons. The highest BCUT2D eigenvalue weighted by atomic mass is 28.4. The zero-order valence-electron chi connectivity index (χ0n) is 12.7. The summed E-state index contributed by atoms with van der Waals surface area (Å²) < 4.78 is 11.7. The van der Waals surface area contributed by atoms with Crippen LogP contribution in [0, 0.1) is 0 Å². The molecule has 0 amide bonds. The Kier molecular flexibility index (Phi) is 5.59. The summed E-state index contributed by atoms with van der Waals surface area (Å²) in [5.74, 6) is 0.740. The van der Waals surface area contributed by atoms with Gasteiger partial charge in [-0.25, -0.2) is 0 Å². The number of benzene rings is 1. The number of aliphatic hydroxyl groups is 1. The number of aliphatic hydroxyl groups excluding tert-OH is 1. The first-order valence-electron chi connectivity index (χ1n) is 6.73. The first-order chi connectivity index (χ1) is 8.78. The van der Waals surface area contributed by atoms with Gasteiger partial charge in [0, 0.05) is 5.56 Å². The first kappa shape index (κ1) is 16.2. The Balaban J connectivity index is 2.43. The van der Waals surface area contributed by atoms with E-state index >= 15 is 0 Å². The zero-order valence-corrected chi connectivity index (χ0v) is 13.7. The van der Waals surface area contributed by atoms with Gasteiger partial charge in [-0.1, -0.05) is 39.0 Å². The van der Waals surface area contributed by atoms with Crippen LogP contribution in [0.3, 0.4) is 0 Å². The third-order valence-corrected chi connectivity index (χ3v) is 8.29. The maximum Gasteiger partial charge on any atom is 0.192 e. The molecule has 0 aliphatic rings. The highest BCUT2D eigenvalue weighted by Gasteiger charge is 2.36. The number of hydrogen-bond acceptors (Lipinski definition) is 3. The molecule has 0 heterocycles. The lowest BCUT2D eigenvalue weighted by molar-refractivity contribution is 0.198. The van der Waals surface area contributed by atoms with Gasteiger partial charge in [0.1, 0.15) is 12.4 Å². The molecule has 1 aromatic rings. The first-order valence-corrected chi connectivity index (χ1v) is 9.64. The van der Waals surface area contributed by atoms with Gasteiger partial charge in [-0.3, -0.25) is 0 Å². The van der Waals surface area contributed by atoms with E-state index in [-0.39, 0.29) is 11.6 Å². The summed E-state index contributed by atoms with van der Waals surface area (Å²) in [4.78, 5) is 0. The van der Waals surface area contributed by atoms with Crippen LogP contribution in [0.25, 0.3) is 0 Å². The van der Waals surface area contributed by atoms with E-state index in [2.05, 4.69) is 33.9 Å². The molecule has 0 aliphatic heterocycles. The minimum absolute atomic E-state index is 0.000730. The molecule has 0 bridgehead atoms. The molecule has 108 valence electrons. The summed E-state index contributed by atoms with van der Waals surface area (Å²) in [5, 5.41) is 9.42. The number of ether oxygens (including phenoxy) is 1. The summed E-state index contributed by atoms with van der Waals surface area (Å²) in [6, 6.07) is 7.54. The molecule has 0 atom stereocenters. The summed E-state index contributed by atoms with van der Waals surface area (Å²) >= 11 is 0. The van der Waals surface area contributed by atoms with Crippen molar-refractivity contribution in [2.24, 2.45) is 0 Å². The monoisotopic (exact) mass is 282 g/mol. The summed E-state index contributed by atoms with van der Waals surface area (Å²) in [5.41, 5.74) is 0.815. The molecule has 19 heavy (non-hydrogen) atoms. The smallest absolute Gasteiger partial charge is 0.192 e. The molecule has 0 fully saturated rings. The maximum absolute atomic E-state index is 9.21. The van der Waals surface area contributed by atoms with Crippen molar-refractivity contribution in [3.05, 3.63) is 29.8 Å². The molecule has 0 saturated heterocycles. The number of para-hydroxylation sites is 1. The molecule has 1 rings (SSSR count). The van der Waals surface area contributed by atoms with Crippen LogP contribution in [-0.4, -0.2) is 26.6 Å². The highest BCUT2D eigenvalue weighted by molar-refractivity contribution is 6.74. The second kappa shape index (κ2) is 6.55. The second-order valence-electron chi connectivity index (χ2n) is 6.22. The van der Waals surface area contributed by atoms with Crippen LogP contribution >= 0.6 is 0 Å². The van der Waals surface area contributed by atoms with Crippen LogP contribution in [0.2, 0.25) is 18.1 Å². The van der Waals surface area contributed by atoms with Crippen LogP contribution in [0.15, 0.2) is 24.3 Å². The van der Waals surface area contributed by atoms with Crippen molar-refractivity contribution < 1.29 is 14.3 Å². The van der Waals surface area contributed by atoms with Crippen LogP contribution in [0.1, 0.15) is 26.3 Å². The van der Waals surface area contributed by atoms with Crippen LogP contribution in [0.5, 0.6) is 5.75 Å². The van der Waals surface area contributed by atoms with Crippen molar-refractivity contribution in [3.8, 4) is 5.75 Å². The van der Waals surface area contributed by atoms with E-state index in [1.54, 1.807) is 0 Å². The van der Waals surface area contributed by atoms with Crippen molar-refractivity contribution in [1.82, 2.24) is 0 Å². The van der Waals surface area contributed by atoms with Gasteiger partial charge in [-0.05, 0) is 24.2 Å². The molecule has 0 aliphatic carbocycles. The molecule has 0 spiro atoms. The highest BCUT2D eigenvalue weighted by Crippen LogP contribution is 2.36. The molecule has 0 aromatic heterocycles. The fourth-order valence-corrected chi connectivity index (χ4v) is 2.47. The zero-order chi connectivity index (χ0) is 14.5. The quantitative estimate of drug-likeness (QED) is 0.640. The molecule has 1 aromatic carbocycles. The average Bonchev–Trinajstić information content (AvgIpc) is 2.33. The van der Waals surface area contributed by atoms with E-state index in [0.717, 1.165) is 11.3 Å². The maximum atomic E-state index is 9.21. The third kappa shape index (κ3) is 4.64. The largest absolute Gasteiger partial charge is 0.491 e. The molecular weight excluding hydrogens is 256 g/mol. The van der Waals surface area contributed by atoms with Gasteiger partial charge in [0.25, 0.3) is 0 Å². The number of rotatable bonds is 6. The fourth-order valence-electron chi connectivity index (χ4n) is 1.44. The van der Waals surface area contributed by atoms with Gasteiger partial charge in [0.15, 0.2) is 8.32 Å². The van der Waals surface area contributed by atoms with Gasteiger partial charge in [0.05, 0.1) is 13.2 Å². The third-order valence-electron chi connectivity index (χ3n) is 3.75. The lowest BCUT2D eigenvalue weighted by atomic mass is 10.2. The van der Waals surface area contributed by atoms with E-state index in [9.17, 15) is 5.11 Å². The van der Waals surface area contributed by atoms with Crippen LogP contribution in [-0.2, 0) is 11.0 Å². The topological polar surface area (TPSA) is 38.7 Å². The van der Waals surface area contributed by atoms with E-state index in [4.69, 9.17) is 9.16 Å². The van der Waals surface area contributed by atoms with Crippen LogP contribution < -0.4 is 4.74 Å². The molecule has 3 nitrogen and oxygen atoms in total. The normalized spacial score (nSPS) is 12.5. The standard InChI is InChI=1S/C15H26O3Si/c1-15(2,3)19(4,5)18-11-10-17-14-9-7-6-8-13(14)12-16/h6-9,16H,10-12H2,1-5H3.